The molecule has 0 amide bonds. The highest BCUT2D eigenvalue weighted by Crippen LogP contribution is 2.47. The lowest BCUT2D eigenvalue weighted by Gasteiger charge is -2.43. The minimum Gasteiger partial charge on any atom is -0.453 e. The highest BCUT2D eigenvalue weighted by Gasteiger charge is 2.47. The van der Waals surface area contributed by atoms with Crippen LogP contribution in [0.5, 0.6) is 0 Å². The Morgan fingerprint density at radius 2 is 1.30 bits per heavy atom. The summed E-state index contributed by atoms with van der Waals surface area (Å²) in [6, 6.07) is 0. The van der Waals surface area contributed by atoms with Gasteiger partial charge in [0, 0.05) is 0 Å². The van der Waals surface area contributed by atoms with E-state index in [4.69, 9.17) is 18.9 Å². The summed E-state index contributed by atoms with van der Waals surface area (Å²) in [6.07, 6.45) is 6.13. The Labute approximate surface area is 181 Å². The van der Waals surface area contributed by atoms with E-state index < -0.39 is 36.5 Å². The fourth-order valence-electron chi connectivity index (χ4n) is 3.64. The Balaban J connectivity index is 2.37. The van der Waals surface area contributed by atoms with E-state index >= 15 is 0 Å². The second kappa shape index (κ2) is 11.1. The van der Waals surface area contributed by atoms with Gasteiger partial charge in [0.05, 0.1) is 11.5 Å². The second-order valence-electron chi connectivity index (χ2n) is 10.6. The number of hydrogen-bond acceptors (Lipinski definition) is 7. The predicted octanol–water partition coefficient (Wildman–Crippen LogP) is 4.41. The van der Waals surface area contributed by atoms with Crippen LogP contribution in [0.15, 0.2) is 0 Å². The Morgan fingerprint density at radius 1 is 0.767 bits per heavy atom. The Bertz CT molecular complexity index is 579. The third-order valence-electron chi connectivity index (χ3n) is 5.74. The summed E-state index contributed by atoms with van der Waals surface area (Å²) in [5.41, 5.74) is -1.23. The van der Waals surface area contributed by atoms with Crippen LogP contribution in [0.2, 0.25) is 0 Å². The fraction of sp³-hybridized carbons (Fsp3) is 0.870. The van der Waals surface area contributed by atoms with E-state index in [-0.39, 0.29) is 23.7 Å². The van der Waals surface area contributed by atoms with Gasteiger partial charge in [0.25, 0.3) is 0 Å². The van der Waals surface area contributed by atoms with Gasteiger partial charge in [-0.15, -0.1) is 0 Å². The number of carbonyl (C=O) groups excluding carboxylic acids is 3. The summed E-state index contributed by atoms with van der Waals surface area (Å²) < 4.78 is 20.5. The Morgan fingerprint density at radius 3 is 1.83 bits per heavy atom. The molecule has 0 aromatic rings. The molecule has 30 heavy (non-hydrogen) atoms. The van der Waals surface area contributed by atoms with Gasteiger partial charge in [0.2, 0.25) is 0 Å². The standard InChI is InChI=1S/C23H40O7/c1-21(2,3)15-23(7,22(4,5)6)20(26)28-14-18(24)27-13-19(25)30-16-29-17-11-9-8-10-12-17/h17H,8-16H2,1-7H3. The maximum absolute atomic E-state index is 12.8. The molecule has 0 aromatic carbocycles. The first-order valence-electron chi connectivity index (χ1n) is 10.8. The first-order chi connectivity index (χ1) is 13.7. The Hall–Kier alpha value is -1.63. The van der Waals surface area contributed by atoms with Crippen molar-refractivity contribution in [2.75, 3.05) is 20.0 Å². The van der Waals surface area contributed by atoms with Gasteiger partial charge >= 0.3 is 17.9 Å². The van der Waals surface area contributed by atoms with Crippen molar-refractivity contribution in [2.24, 2.45) is 16.2 Å². The smallest absolute Gasteiger partial charge is 0.346 e. The van der Waals surface area contributed by atoms with E-state index in [1.165, 1.54) is 6.42 Å². The molecule has 1 atom stereocenters. The minimum atomic E-state index is -0.791. The second-order valence-corrected chi connectivity index (χ2v) is 10.6. The van der Waals surface area contributed by atoms with Crippen LogP contribution in [0, 0.1) is 16.2 Å². The lowest BCUT2D eigenvalue weighted by molar-refractivity contribution is -0.177. The largest absolute Gasteiger partial charge is 0.453 e. The molecule has 0 radical (unpaired) electrons. The molecule has 7 heteroatoms. The van der Waals surface area contributed by atoms with Gasteiger partial charge in [-0.25, -0.2) is 9.59 Å². The molecule has 1 aliphatic carbocycles. The first kappa shape index (κ1) is 26.4. The zero-order valence-electron chi connectivity index (χ0n) is 19.8. The van der Waals surface area contributed by atoms with Crippen molar-refractivity contribution in [3.63, 3.8) is 0 Å². The average molecular weight is 429 g/mol. The van der Waals surface area contributed by atoms with Crippen molar-refractivity contribution >= 4 is 17.9 Å². The molecule has 0 aliphatic heterocycles. The zero-order valence-corrected chi connectivity index (χ0v) is 19.8. The van der Waals surface area contributed by atoms with Crippen LogP contribution in [0.3, 0.4) is 0 Å². The van der Waals surface area contributed by atoms with Gasteiger partial charge in [-0.05, 0) is 37.0 Å². The molecule has 1 rings (SSSR count). The lowest BCUT2D eigenvalue weighted by Crippen LogP contribution is -2.44. The van der Waals surface area contributed by atoms with Crippen molar-refractivity contribution in [3.8, 4) is 0 Å². The summed E-state index contributed by atoms with van der Waals surface area (Å²) in [5, 5.41) is 0. The maximum atomic E-state index is 12.8. The molecule has 0 spiro atoms. The van der Waals surface area contributed by atoms with Gasteiger partial charge in [0.15, 0.2) is 20.0 Å². The van der Waals surface area contributed by atoms with E-state index in [1.54, 1.807) is 0 Å². The maximum Gasteiger partial charge on any atom is 0.346 e. The molecule has 1 unspecified atom stereocenters. The first-order valence-corrected chi connectivity index (χ1v) is 10.8. The predicted molar refractivity (Wildman–Crippen MR) is 112 cm³/mol. The molecule has 7 nitrogen and oxygen atoms in total. The van der Waals surface area contributed by atoms with Crippen molar-refractivity contribution in [3.05, 3.63) is 0 Å². The van der Waals surface area contributed by atoms with E-state index in [1.807, 2.05) is 27.7 Å². The number of ether oxygens (including phenoxy) is 4. The number of rotatable bonds is 9. The summed E-state index contributed by atoms with van der Waals surface area (Å²) in [5.74, 6) is -1.94. The molecule has 0 heterocycles. The third-order valence-corrected chi connectivity index (χ3v) is 5.74. The summed E-state index contributed by atoms with van der Waals surface area (Å²) >= 11 is 0. The van der Waals surface area contributed by atoms with Crippen molar-refractivity contribution in [1.29, 1.82) is 0 Å². The minimum absolute atomic E-state index is 0.0922. The van der Waals surface area contributed by atoms with Crippen molar-refractivity contribution < 1.29 is 33.3 Å². The number of esters is 3. The molecule has 0 aromatic heterocycles. The van der Waals surface area contributed by atoms with Crippen LogP contribution >= 0.6 is 0 Å². The van der Waals surface area contributed by atoms with Crippen molar-refractivity contribution in [1.82, 2.24) is 0 Å². The third kappa shape index (κ3) is 9.02. The van der Waals surface area contributed by atoms with Crippen LogP contribution in [0.25, 0.3) is 0 Å². The molecule has 1 saturated carbocycles. The molecule has 0 N–H and O–H groups in total. The van der Waals surface area contributed by atoms with Gasteiger partial charge in [-0.2, -0.15) is 0 Å². The molecule has 0 saturated heterocycles. The van der Waals surface area contributed by atoms with Crippen LogP contribution in [-0.4, -0.2) is 44.0 Å². The van der Waals surface area contributed by atoms with E-state index in [9.17, 15) is 14.4 Å². The highest BCUT2D eigenvalue weighted by atomic mass is 16.7. The van der Waals surface area contributed by atoms with Gasteiger partial charge in [0.1, 0.15) is 0 Å². The molecule has 1 fully saturated rings. The van der Waals surface area contributed by atoms with Crippen LogP contribution < -0.4 is 0 Å². The van der Waals surface area contributed by atoms with E-state index in [0.29, 0.717) is 6.42 Å². The Kier molecular flexibility index (Phi) is 9.79. The summed E-state index contributed by atoms with van der Waals surface area (Å²) in [7, 11) is 0. The monoisotopic (exact) mass is 428 g/mol. The quantitative estimate of drug-likeness (QED) is 0.305. The lowest BCUT2D eigenvalue weighted by atomic mass is 9.61. The van der Waals surface area contributed by atoms with Gasteiger partial charge < -0.3 is 18.9 Å². The normalized spacial score (nSPS) is 17.7. The van der Waals surface area contributed by atoms with Crippen LogP contribution in [0.4, 0.5) is 0 Å². The molecule has 1 aliphatic rings. The van der Waals surface area contributed by atoms with Crippen molar-refractivity contribution in [2.45, 2.75) is 93.1 Å². The molecule has 0 bridgehead atoms. The molecule has 174 valence electrons. The van der Waals surface area contributed by atoms with Crippen LogP contribution in [-0.2, 0) is 33.3 Å². The molecular formula is C23H40O7. The van der Waals surface area contributed by atoms with Gasteiger partial charge in [-0.1, -0.05) is 60.8 Å². The summed E-state index contributed by atoms with van der Waals surface area (Å²) in [6.45, 7) is 12.7. The zero-order chi connectivity index (χ0) is 23.0. The molecular weight excluding hydrogens is 388 g/mol. The fourth-order valence-corrected chi connectivity index (χ4v) is 3.64. The number of hydrogen-bond donors (Lipinski definition) is 0. The van der Waals surface area contributed by atoms with E-state index in [0.717, 1.165) is 25.7 Å². The van der Waals surface area contributed by atoms with Crippen LogP contribution in [0.1, 0.15) is 87.0 Å². The van der Waals surface area contributed by atoms with Gasteiger partial charge in [-0.3, -0.25) is 4.79 Å². The number of carbonyl (C=O) groups is 3. The van der Waals surface area contributed by atoms with E-state index in [2.05, 4.69) is 20.8 Å². The average Bonchev–Trinajstić information content (AvgIpc) is 2.63. The topological polar surface area (TPSA) is 88.1 Å². The SMILES string of the molecule is CC(C)(C)CC(C)(C(=O)OCC(=O)OCC(=O)OCOC1CCCCC1)C(C)(C)C. The summed E-state index contributed by atoms with van der Waals surface area (Å²) in [4.78, 5) is 36.4. The highest BCUT2D eigenvalue weighted by molar-refractivity contribution is 5.82.